The molecule has 3 rings (SSSR count). The van der Waals surface area contributed by atoms with Crippen LogP contribution in [0.2, 0.25) is 5.15 Å². The number of nitrogens with zero attached hydrogens (tertiary/aromatic N) is 2. The molecule has 0 aliphatic heterocycles. The zero-order valence-corrected chi connectivity index (χ0v) is 11.4. The largest absolute Gasteiger partial charge is 0.398 e. The van der Waals surface area contributed by atoms with Gasteiger partial charge in [0.05, 0.1) is 5.69 Å². The summed E-state index contributed by atoms with van der Waals surface area (Å²) in [7, 11) is 0. The Bertz CT molecular complexity index is 742. The van der Waals surface area contributed by atoms with Crippen molar-refractivity contribution in [3.05, 3.63) is 65.8 Å². The van der Waals surface area contributed by atoms with Crippen LogP contribution < -0.4 is 5.73 Å². The van der Waals surface area contributed by atoms with Crippen LogP contribution in [0.4, 0.5) is 5.69 Å². The summed E-state index contributed by atoms with van der Waals surface area (Å²) in [6.07, 6.45) is 0. The van der Waals surface area contributed by atoms with Gasteiger partial charge >= 0.3 is 0 Å². The van der Waals surface area contributed by atoms with Crippen LogP contribution in [-0.4, -0.2) is 9.97 Å². The molecule has 0 radical (unpaired) electrons. The van der Waals surface area contributed by atoms with Gasteiger partial charge in [-0.15, -0.1) is 0 Å². The third-order valence-electron chi connectivity index (χ3n) is 2.97. The molecule has 0 unspecified atom stereocenters. The number of rotatable bonds is 2. The van der Waals surface area contributed by atoms with Crippen molar-refractivity contribution < 1.29 is 0 Å². The minimum atomic E-state index is 0.400. The Hall–Kier alpha value is -2.39. The fraction of sp³-hybridized carbons (Fsp3) is 0. The standard InChI is InChI=1S/C16H12ClN3/c17-15-10-14(11-6-2-1-3-7-11)19-16(20-15)12-8-4-5-9-13(12)18/h1-10H,18H2. The lowest BCUT2D eigenvalue weighted by atomic mass is 10.1. The van der Waals surface area contributed by atoms with Crippen molar-refractivity contribution in [1.29, 1.82) is 0 Å². The molecule has 0 saturated carbocycles. The maximum absolute atomic E-state index is 6.11. The molecule has 0 spiro atoms. The van der Waals surface area contributed by atoms with E-state index in [9.17, 15) is 0 Å². The van der Waals surface area contributed by atoms with Crippen LogP contribution in [0, 0.1) is 0 Å². The number of halogens is 1. The van der Waals surface area contributed by atoms with Gasteiger partial charge in [0.1, 0.15) is 5.15 Å². The first kappa shape index (κ1) is 12.6. The molecule has 4 heteroatoms. The van der Waals surface area contributed by atoms with E-state index in [2.05, 4.69) is 9.97 Å². The van der Waals surface area contributed by atoms with Crippen molar-refractivity contribution in [2.45, 2.75) is 0 Å². The van der Waals surface area contributed by atoms with Crippen molar-refractivity contribution in [2.24, 2.45) is 0 Å². The smallest absolute Gasteiger partial charge is 0.163 e. The Labute approximate surface area is 122 Å². The molecule has 0 bridgehead atoms. The summed E-state index contributed by atoms with van der Waals surface area (Å²) in [5.74, 6) is 0.537. The molecule has 3 aromatic rings. The maximum Gasteiger partial charge on any atom is 0.163 e. The summed E-state index contributed by atoms with van der Waals surface area (Å²) in [5, 5.41) is 0.400. The Morgan fingerprint density at radius 1 is 0.850 bits per heavy atom. The predicted octanol–water partition coefficient (Wildman–Crippen LogP) is 4.05. The van der Waals surface area contributed by atoms with E-state index in [0.29, 0.717) is 16.7 Å². The molecule has 98 valence electrons. The highest BCUT2D eigenvalue weighted by atomic mass is 35.5. The molecular formula is C16H12ClN3. The van der Waals surface area contributed by atoms with Crippen LogP contribution in [0.5, 0.6) is 0 Å². The zero-order chi connectivity index (χ0) is 13.9. The van der Waals surface area contributed by atoms with Crippen molar-refractivity contribution in [3.8, 4) is 22.6 Å². The molecule has 3 nitrogen and oxygen atoms in total. The number of benzene rings is 2. The number of anilines is 1. The molecule has 0 fully saturated rings. The predicted molar refractivity (Wildman–Crippen MR) is 82.3 cm³/mol. The minimum Gasteiger partial charge on any atom is -0.398 e. The van der Waals surface area contributed by atoms with E-state index in [-0.39, 0.29) is 0 Å². The Kier molecular flexibility index (Phi) is 3.35. The van der Waals surface area contributed by atoms with Gasteiger partial charge in [-0.05, 0) is 12.1 Å². The Morgan fingerprint density at radius 2 is 1.55 bits per heavy atom. The molecule has 20 heavy (non-hydrogen) atoms. The lowest BCUT2D eigenvalue weighted by molar-refractivity contribution is 1.18. The van der Waals surface area contributed by atoms with Gasteiger partial charge in [0, 0.05) is 22.9 Å². The zero-order valence-electron chi connectivity index (χ0n) is 10.6. The van der Waals surface area contributed by atoms with Crippen LogP contribution >= 0.6 is 11.6 Å². The molecule has 1 aromatic heterocycles. The second-order valence-electron chi connectivity index (χ2n) is 4.35. The molecule has 0 atom stereocenters. The third kappa shape index (κ3) is 2.49. The Balaban J connectivity index is 2.15. The highest BCUT2D eigenvalue weighted by Crippen LogP contribution is 2.27. The summed E-state index contributed by atoms with van der Waals surface area (Å²) in [6, 6.07) is 19.1. The number of nitrogen functional groups attached to an aromatic ring is 1. The van der Waals surface area contributed by atoms with Gasteiger partial charge in [0.15, 0.2) is 5.82 Å². The van der Waals surface area contributed by atoms with Gasteiger partial charge in [-0.3, -0.25) is 0 Å². The van der Waals surface area contributed by atoms with E-state index < -0.39 is 0 Å². The van der Waals surface area contributed by atoms with Gasteiger partial charge in [0.25, 0.3) is 0 Å². The van der Waals surface area contributed by atoms with Gasteiger partial charge in [-0.25, -0.2) is 9.97 Å². The molecule has 0 aliphatic carbocycles. The molecule has 0 aliphatic rings. The highest BCUT2D eigenvalue weighted by molar-refractivity contribution is 6.29. The van der Waals surface area contributed by atoms with Crippen LogP contribution in [0.15, 0.2) is 60.7 Å². The van der Waals surface area contributed by atoms with Crippen molar-refractivity contribution in [2.75, 3.05) is 5.73 Å². The highest BCUT2D eigenvalue weighted by Gasteiger charge is 2.09. The van der Waals surface area contributed by atoms with Crippen LogP contribution in [0.3, 0.4) is 0 Å². The molecule has 2 N–H and O–H groups in total. The summed E-state index contributed by atoms with van der Waals surface area (Å²) >= 11 is 6.11. The van der Waals surface area contributed by atoms with E-state index in [4.69, 9.17) is 17.3 Å². The molecule has 0 amide bonds. The minimum absolute atomic E-state index is 0.400. The van der Waals surface area contributed by atoms with E-state index >= 15 is 0 Å². The second kappa shape index (κ2) is 5.31. The van der Waals surface area contributed by atoms with Crippen molar-refractivity contribution in [1.82, 2.24) is 9.97 Å². The van der Waals surface area contributed by atoms with Crippen molar-refractivity contribution >= 4 is 17.3 Å². The lowest BCUT2D eigenvalue weighted by Gasteiger charge is -2.07. The SMILES string of the molecule is Nc1ccccc1-c1nc(Cl)cc(-c2ccccc2)n1. The summed E-state index contributed by atoms with van der Waals surface area (Å²) in [4.78, 5) is 8.82. The van der Waals surface area contributed by atoms with E-state index in [1.165, 1.54) is 0 Å². The first-order valence-corrected chi connectivity index (χ1v) is 6.57. The molecule has 1 heterocycles. The summed E-state index contributed by atoms with van der Waals surface area (Å²) in [6.45, 7) is 0. The Morgan fingerprint density at radius 3 is 2.30 bits per heavy atom. The summed E-state index contributed by atoms with van der Waals surface area (Å²) in [5.41, 5.74) is 9.16. The van der Waals surface area contributed by atoms with Gasteiger partial charge in [-0.2, -0.15) is 0 Å². The summed E-state index contributed by atoms with van der Waals surface area (Å²) < 4.78 is 0. The average Bonchev–Trinajstić information content (AvgIpc) is 2.48. The second-order valence-corrected chi connectivity index (χ2v) is 4.74. The maximum atomic E-state index is 6.11. The molecule has 0 saturated heterocycles. The monoisotopic (exact) mass is 281 g/mol. The first-order valence-electron chi connectivity index (χ1n) is 6.19. The van der Waals surface area contributed by atoms with Crippen LogP contribution in [0.1, 0.15) is 0 Å². The topological polar surface area (TPSA) is 51.8 Å². The number of aromatic nitrogens is 2. The lowest BCUT2D eigenvalue weighted by Crippen LogP contribution is -1.96. The van der Waals surface area contributed by atoms with Gasteiger partial charge < -0.3 is 5.73 Å². The number of para-hydroxylation sites is 1. The molecular weight excluding hydrogens is 270 g/mol. The van der Waals surface area contributed by atoms with E-state index in [0.717, 1.165) is 16.8 Å². The number of hydrogen-bond donors (Lipinski definition) is 1. The van der Waals surface area contributed by atoms with Crippen LogP contribution in [0.25, 0.3) is 22.6 Å². The third-order valence-corrected chi connectivity index (χ3v) is 3.16. The van der Waals surface area contributed by atoms with E-state index in [1.54, 1.807) is 6.07 Å². The first-order chi connectivity index (χ1) is 9.74. The van der Waals surface area contributed by atoms with Crippen molar-refractivity contribution in [3.63, 3.8) is 0 Å². The van der Waals surface area contributed by atoms with Crippen LogP contribution in [-0.2, 0) is 0 Å². The molecule has 2 aromatic carbocycles. The van der Waals surface area contributed by atoms with E-state index in [1.807, 2.05) is 54.6 Å². The fourth-order valence-electron chi connectivity index (χ4n) is 2.00. The average molecular weight is 282 g/mol. The number of nitrogens with two attached hydrogens (primary N) is 1. The fourth-order valence-corrected chi connectivity index (χ4v) is 2.18. The quantitative estimate of drug-likeness (QED) is 0.569. The normalized spacial score (nSPS) is 10.4. The van der Waals surface area contributed by atoms with Gasteiger partial charge in [0.2, 0.25) is 0 Å². The van der Waals surface area contributed by atoms with Gasteiger partial charge in [-0.1, -0.05) is 54.1 Å². The number of hydrogen-bond acceptors (Lipinski definition) is 3.